The second-order valence-electron chi connectivity index (χ2n) is 3.21. The predicted octanol–water partition coefficient (Wildman–Crippen LogP) is 1.65. The number of nitrogens with zero attached hydrogens (tertiary/aromatic N) is 2. The van der Waals surface area contributed by atoms with Crippen molar-refractivity contribution in [2.24, 2.45) is 0 Å². The molecule has 4 nitrogen and oxygen atoms in total. The summed E-state index contributed by atoms with van der Waals surface area (Å²) in [5.74, 6) is -1.19. The number of rotatable bonds is 3. The van der Waals surface area contributed by atoms with E-state index in [1.54, 1.807) is 10.7 Å². The standard InChI is InChI=1S/C10H9FN2O2/c11-8-1-2-9-7(5-8)6-12-13(9)4-3-10(14)15/h1-2,5-6H,3-4H2,(H,14,15). The van der Waals surface area contributed by atoms with Gasteiger partial charge in [-0.1, -0.05) is 0 Å². The molecule has 0 bridgehead atoms. The van der Waals surface area contributed by atoms with Crippen LogP contribution in [0.15, 0.2) is 24.4 Å². The van der Waals surface area contributed by atoms with Gasteiger partial charge in [0.2, 0.25) is 0 Å². The Bertz CT molecular complexity index is 507. The van der Waals surface area contributed by atoms with Crippen molar-refractivity contribution in [1.82, 2.24) is 9.78 Å². The molecule has 15 heavy (non-hydrogen) atoms. The van der Waals surface area contributed by atoms with Crippen molar-refractivity contribution < 1.29 is 14.3 Å². The first kappa shape index (κ1) is 9.64. The number of halogens is 1. The maximum Gasteiger partial charge on any atom is 0.305 e. The lowest BCUT2D eigenvalue weighted by molar-refractivity contribution is -0.137. The Morgan fingerprint density at radius 2 is 2.33 bits per heavy atom. The number of benzene rings is 1. The highest BCUT2D eigenvalue weighted by molar-refractivity contribution is 5.78. The van der Waals surface area contributed by atoms with Crippen LogP contribution in [0.4, 0.5) is 4.39 Å². The first-order valence-corrected chi connectivity index (χ1v) is 4.50. The van der Waals surface area contributed by atoms with Crippen molar-refractivity contribution in [1.29, 1.82) is 0 Å². The van der Waals surface area contributed by atoms with Gasteiger partial charge in [0.25, 0.3) is 0 Å². The third-order valence-electron chi connectivity index (χ3n) is 2.14. The van der Waals surface area contributed by atoms with Gasteiger partial charge in [-0.05, 0) is 18.2 Å². The van der Waals surface area contributed by atoms with Crippen LogP contribution in [-0.4, -0.2) is 20.9 Å². The summed E-state index contributed by atoms with van der Waals surface area (Å²) in [6.07, 6.45) is 1.54. The van der Waals surface area contributed by atoms with Gasteiger partial charge in [0.05, 0.1) is 24.7 Å². The Morgan fingerprint density at radius 1 is 1.53 bits per heavy atom. The molecule has 2 aromatic rings. The highest BCUT2D eigenvalue weighted by Crippen LogP contribution is 2.15. The molecular weight excluding hydrogens is 199 g/mol. The fourth-order valence-corrected chi connectivity index (χ4v) is 1.44. The van der Waals surface area contributed by atoms with E-state index in [4.69, 9.17) is 5.11 Å². The summed E-state index contributed by atoms with van der Waals surface area (Å²) in [7, 11) is 0. The molecule has 0 atom stereocenters. The number of carboxylic acid groups (broad SMARTS) is 1. The topological polar surface area (TPSA) is 55.1 Å². The summed E-state index contributed by atoms with van der Waals surface area (Å²) in [6.45, 7) is 0.296. The summed E-state index contributed by atoms with van der Waals surface area (Å²) in [6, 6.07) is 4.31. The summed E-state index contributed by atoms with van der Waals surface area (Å²) in [5, 5.41) is 13.2. The molecule has 0 saturated carbocycles. The normalized spacial score (nSPS) is 10.7. The number of carbonyl (C=O) groups is 1. The van der Waals surface area contributed by atoms with Crippen LogP contribution in [0.1, 0.15) is 6.42 Å². The summed E-state index contributed by atoms with van der Waals surface area (Å²) in [5.41, 5.74) is 0.748. The van der Waals surface area contributed by atoms with Gasteiger partial charge in [0.15, 0.2) is 0 Å². The first-order valence-electron chi connectivity index (χ1n) is 4.50. The van der Waals surface area contributed by atoms with Gasteiger partial charge in [0, 0.05) is 5.39 Å². The fourth-order valence-electron chi connectivity index (χ4n) is 1.44. The quantitative estimate of drug-likeness (QED) is 0.834. The van der Waals surface area contributed by atoms with Crippen LogP contribution >= 0.6 is 0 Å². The maximum absolute atomic E-state index is 12.8. The number of hydrogen-bond donors (Lipinski definition) is 1. The zero-order chi connectivity index (χ0) is 10.8. The molecule has 0 unspecified atom stereocenters. The highest BCUT2D eigenvalue weighted by atomic mass is 19.1. The molecule has 0 aliphatic carbocycles. The van der Waals surface area contributed by atoms with Gasteiger partial charge in [-0.2, -0.15) is 5.10 Å². The van der Waals surface area contributed by atoms with Crippen molar-refractivity contribution in [3.05, 3.63) is 30.2 Å². The molecule has 1 N–H and O–H groups in total. The van der Waals surface area contributed by atoms with E-state index >= 15 is 0 Å². The smallest absolute Gasteiger partial charge is 0.305 e. The molecule has 2 rings (SSSR count). The van der Waals surface area contributed by atoms with Gasteiger partial charge in [-0.3, -0.25) is 9.48 Å². The Morgan fingerprint density at radius 3 is 3.07 bits per heavy atom. The number of aromatic nitrogens is 2. The number of carboxylic acids is 1. The van der Waals surface area contributed by atoms with Gasteiger partial charge in [-0.15, -0.1) is 0 Å². The molecule has 0 amide bonds. The Labute approximate surface area is 84.9 Å². The van der Waals surface area contributed by atoms with Gasteiger partial charge < -0.3 is 5.11 Å². The Hall–Kier alpha value is -1.91. The van der Waals surface area contributed by atoms with Crippen LogP contribution in [0.25, 0.3) is 10.9 Å². The van der Waals surface area contributed by atoms with Crippen molar-refractivity contribution >= 4 is 16.9 Å². The minimum atomic E-state index is -0.874. The fraction of sp³-hybridized carbons (Fsp3) is 0.200. The van der Waals surface area contributed by atoms with E-state index in [0.29, 0.717) is 11.9 Å². The molecule has 1 aromatic carbocycles. The molecule has 1 heterocycles. The van der Waals surface area contributed by atoms with Crippen LogP contribution < -0.4 is 0 Å². The molecular formula is C10H9FN2O2. The van der Waals surface area contributed by atoms with Gasteiger partial charge >= 0.3 is 5.97 Å². The molecule has 0 saturated heterocycles. The van der Waals surface area contributed by atoms with Gasteiger partial charge in [-0.25, -0.2) is 4.39 Å². The highest BCUT2D eigenvalue weighted by Gasteiger charge is 2.05. The molecule has 0 aliphatic heterocycles. The van der Waals surface area contributed by atoms with Crippen molar-refractivity contribution in [3.63, 3.8) is 0 Å². The minimum absolute atomic E-state index is 0.00809. The third kappa shape index (κ3) is 1.96. The van der Waals surface area contributed by atoms with E-state index < -0.39 is 5.97 Å². The van der Waals surface area contributed by atoms with Crippen molar-refractivity contribution in [2.75, 3.05) is 0 Å². The number of aliphatic carboxylic acids is 1. The van der Waals surface area contributed by atoms with Crippen molar-refractivity contribution in [3.8, 4) is 0 Å². The average molecular weight is 208 g/mol. The average Bonchev–Trinajstić information content (AvgIpc) is 2.57. The van der Waals surface area contributed by atoms with E-state index in [1.807, 2.05) is 0 Å². The molecule has 5 heteroatoms. The van der Waals surface area contributed by atoms with E-state index in [1.165, 1.54) is 18.3 Å². The van der Waals surface area contributed by atoms with Crippen LogP contribution in [0.5, 0.6) is 0 Å². The second kappa shape index (κ2) is 3.68. The second-order valence-corrected chi connectivity index (χ2v) is 3.21. The van der Waals surface area contributed by atoms with E-state index in [0.717, 1.165) is 5.52 Å². The number of aryl methyl sites for hydroxylation is 1. The van der Waals surface area contributed by atoms with Crippen LogP contribution in [0, 0.1) is 5.82 Å². The largest absolute Gasteiger partial charge is 0.481 e. The van der Waals surface area contributed by atoms with Crippen LogP contribution in [0.2, 0.25) is 0 Å². The van der Waals surface area contributed by atoms with Crippen LogP contribution in [0.3, 0.4) is 0 Å². The first-order chi connectivity index (χ1) is 7.16. The zero-order valence-corrected chi connectivity index (χ0v) is 7.85. The lowest BCUT2D eigenvalue weighted by atomic mass is 10.2. The molecule has 0 aliphatic rings. The number of fused-ring (bicyclic) bond motifs is 1. The minimum Gasteiger partial charge on any atom is -0.481 e. The summed E-state index contributed by atoms with van der Waals surface area (Å²) in [4.78, 5) is 10.4. The molecule has 0 radical (unpaired) electrons. The van der Waals surface area contributed by atoms with E-state index in [-0.39, 0.29) is 12.2 Å². The summed E-state index contributed by atoms with van der Waals surface area (Å²) >= 11 is 0. The summed E-state index contributed by atoms with van der Waals surface area (Å²) < 4.78 is 14.4. The molecule has 0 spiro atoms. The number of hydrogen-bond acceptors (Lipinski definition) is 2. The predicted molar refractivity (Wildman–Crippen MR) is 51.9 cm³/mol. The lowest BCUT2D eigenvalue weighted by Crippen LogP contribution is -2.05. The third-order valence-corrected chi connectivity index (χ3v) is 2.14. The molecule has 78 valence electrons. The van der Waals surface area contributed by atoms with Crippen molar-refractivity contribution in [2.45, 2.75) is 13.0 Å². The van der Waals surface area contributed by atoms with E-state index in [2.05, 4.69) is 5.10 Å². The molecule has 0 fully saturated rings. The van der Waals surface area contributed by atoms with Gasteiger partial charge in [0.1, 0.15) is 5.82 Å². The Kier molecular flexibility index (Phi) is 2.37. The zero-order valence-electron chi connectivity index (χ0n) is 7.85. The lowest BCUT2D eigenvalue weighted by Gasteiger charge is -2.00. The Balaban J connectivity index is 2.32. The van der Waals surface area contributed by atoms with E-state index in [9.17, 15) is 9.18 Å². The SMILES string of the molecule is O=C(O)CCn1ncc2cc(F)ccc21. The molecule has 1 aromatic heterocycles. The van der Waals surface area contributed by atoms with Crippen LogP contribution in [-0.2, 0) is 11.3 Å². The monoisotopic (exact) mass is 208 g/mol. The maximum atomic E-state index is 12.8.